The molecule has 0 aromatic heterocycles. The highest BCUT2D eigenvalue weighted by atomic mass is 32.2. The Morgan fingerprint density at radius 2 is 1.85 bits per heavy atom. The van der Waals surface area contributed by atoms with Gasteiger partial charge < -0.3 is 14.5 Å². The predicted molar refractivity (Wildman–Crippen MR) is 84.0 cm³/mol. The quantitative estimate of drug-likeness (QED) is 0.388. The number of hydrogen-bond acceptors (Lipinski definition) is 4. The molecule has 116 valence electrons. The molecule has 0 rings (SSSR count). The zero-order valence-corrected chi connectivity index (χ0v) is 13.5. The lowest BCUT2D eigenvalue weighted by Gasteiger charge is -2.21. The summed E-state index contributed by atoms with van der Waals surface area (Å²) < 4.78 is 0. The van der Waals surface area contributed by atoms with Crippen molar-refractivity contribution in [2.45, 2.75) is 57.1 Å². The van der Waals surface area contributed by atoms with E-state index < -0.39 is 0 Å². The number of carbonyl (C=O) groups is 3. The maximum atomic E-state index is 12.1. The van der Waals surface area contributed by atoms with E-state index in [4.69, 9.17) is 0 Å². The zero-order valence-electron chi connectivity index (χ0n) is 12.7. The number of thioether (sulfide) groups is 1. The average Bonchev–Trinajstić information content (AvgIpc) is 2.46. The fourth-order valence-corrected chi connectivity index (χ4v) is 3.05. The van der Waals surface area contributed by atoms with Crippen LogP contribution in [0.1, 0.15) is 51.9 Å². The molecule has 1 atom stereocenters. The van der Waals surface area contributed by atoms with Crippen molar-refractivity contribution in [3.8, 4) is 0 Å². The second-order valence-corrected chi connectivity index (χ2v) is 6.20. The van der Waals surface area contributed by atoms with Crippen molar-refractivity contribution < 1.29 is 14.4 Å². The molecule has 0 radical (unpaired) electrons. The SMILES string of the molecule is CCCCCCCSC(CC=O)C(=O)N(C)CCC=O. The molecule has 0 bridgehead atoms. The molecular weight excluding hydrogens is 274 g/mol. The van der Waals surface area contributed by atoms with Gasteiger partial charge >= 0.3 is 0 Å². The third kappa shape index (κ3) is 9.13. The van der Waals surface area contributed by atoms with Crippen LogP contribution in [0, 0.1) is 0 Å². The molecule has 0 saturated carbocycles. The summed E-state index contributed by atoms with van der Waals surface area (Å²) in [6.07, 6.45) is 8.20. The van der Waals surface area contributed by atoms with Crippen molar-refractivity contribution in [1.82, 2.24) is 4.90 Å². The molecule has 0 heterocycles. The second kappa shape index (κ2) is 13.2. The van der Waals surface area contributed by atoms with Crippen LogP contribution in [-0.4, -0.2) is 48.0 Å². The first-order valence-electron chi connectivity index (χ1n) is 7.41. The van der Waals surface area contributed by atoms with E-state index in [1.165, 1.54) is 25.7 Å². The van der Waals surface area contributed by atoms with E-state index in [-0.39, 0.29) is 17.6 Å². The smallest absolute Gasteiger partial charge is 0.235 e. The third-order valence-corrected chi connectivity index (χ3v) is 4.43. The van der Waals surface area contributed by atoms with Gasteiger partial charge in [0.1, 0.15) is 12.6 Å². The summed E-state index contributed by atoms with van der Waals surface area (Å²) in [6.45, 7) is 2.61. The Morgan fingerprint density at radius 1 is 1.15 bits per heavy atom. The molecule has 0 N–H and O–H groups in total. The van der Waals surface area contributed by atoms with Crippen LogP contribution in [0.4, 0.5) is 0 Å². The molecule has 0 aromatic rings. The monoisotopic (exact) mass is 301 g/mol. The van der Waals surface area contributed by atoms with E-state index in [1.54, 1.807) is 23.7 Å². The lowest BCUT2D eigenvalue weighted by atomic mass is 10.2. The number of hydrogen-bond donors (Lipinski definition) is 0. The van der Waals surface area contributed by atoms with E-state index in [0.29, 0.717) is 13.0 Å². The molecule has 0 aliphatic carbocycles. The minimum Gasteiger partial charge on any atom is -0.344 e. The summed E-state index contributed by atoms with van der Waals surface area (Å²) in [7, 11) is 1.69. The van der Waals surface area contributed by atoms with Crippen LogP contribution >= 0.6 is 11.8 Å². The molecule has 20 heavy (non-hydrogen) atoms. The van der Waals surface area contributed by atoms with Crippen LogP contribution in [0.2, 0.25) is 0 Å². The Kier molecular flexibility index (Phi) is 12.6. The predicted octanol–water partition coefficient (Wildman–Crippen LogP) is 2.70. The summed E-state index contributed by atoms with van der Waals surface area (Å²) in [5.41, 5.74) is 0. The average molecular weight is 301 g/mol. The number of rotatable bonds is 13. The van der Waals surface area contributed by atoms with Gasteiger partial charge in [-0.15, -0.1) is 11.8 Å². The van der Waals surface area contributed by atoms with Gasteiger partial charge in [-0.1, -0.05) is 32.6 Å². The lowest BCUT2D eigenvalue weighted by Crippen LogP contribution is -2.36. The maximum Gasteiger partial charge on any atom is 0.235 e. The number of aldehydes is 2. The first kappa shape index (κ1) is 19.2. The summed E-state index contributed by atoms with van der Waals surface area (Å²) in [4.78, 5) is 34.7. The second-order valence-electron chi connectivity index (χ2n) is 4.89. The molecule has 0 fully saturated rings. The molecule has 1 amide bonds. The van der Waals surface area contributed by atoms with Crippen molar-refractivity contribution in [3.63, 3.8) is 0 Å². The summed E-state index contributed by atoms with van der Waals surface area (Å²) in [5.74, 6) is 0.868. The van der Waals surface area contributed by atoms with E-state index in [1.807, 2.05) is 0 Å². The van der Waals surface area contributed by atoms with E-state index in [9.17, 15) is 14.4 Å². The Morgan fingerprint density at radius 3 is 2.45 bits per heavy atom. The van der Waals surface area contributed by atoms with Crippen LogP contribution in [-0.2, 0) is 14.4 Å². The van der Waals surface area contributed by atoms with Gasteiger partial charge in [-0.2, -0.15) is 0 Å². The van der Waals surface area contributed by atoms with Gasteiger partial charge in [0.15, 0.2) is 0 Å². The van der Waals surface area contributed by atoms with Gasteiger partial charge in [0, 0.05) is 26.4 Å². The first-order chi connectivity index (χ1) is 9.67. The fourth-order valence-electron chi connectivity index (χ4n) is 1.86. The fraction of sp³-hybridized carbons (Fsp3) is 0.800. The summed E-state index contributed by atoms with van der Waals surface area (Å²) in [5, 5.41) is -0.296. The van der Waals surface area contributed by atoms with E-state index in [2.05, 4.69) is 6.92 Å². The highest BCUT2D eigenvalue weighted by Gasteiger charge is 2.21. The maximum absolute atomic E-state index is 12.1. The Labute approximate surface area is 126 Å². The minimum atomic E-state index is -0.296. The summed E-state index contributed by atoms with van der Waals surface area (Å²) in [6, 6.07) is 0. The Balaban J connectivity index is 4.03. The topological polar surface area (TPSA) is 54.5 Å². The Bertz CT molecular complexity index is 284. The van der Waals surface area contributed by atoms with Crippen LogP contribution in [0.3, 0.4) is 0 Å². The van der Waals surface area contributed by atoms with Gasteiger partial charge in [0.25, 0.3) is 0 Å². The van der Waals surface area contributed by atoms with Crippen LogP contribution < -0.4 is 0 Å². The molecule has 0 aromatic carbocycles. The van der Waals surface area contributed by atoms with E-state index >= 15 is 0 Å². The first-order valence-corrected chi connectivity index (χ1v) is 8.46. The van der Waals surface area contributed by atoms with E-state index in [0.717, 1.165) is 24.7 Å². The normalized spacial score (nSPS) is 11.9. The van der Waals surface area contributed by atoms with Crippen molar-refractivity contribution in [1.29, 1.82) is 0 Å². The molecule has 0 aliphatic rings. The molecule has 1 unspecified atom stereocenters. The molecule has 0 aliphatic heterocycles. The molecule has 4 nitrogen and oxygen atoms in total. The van der Waals surface area contributed by atoms with Gasteiger partial charge in [0.05, 0.1) is 5.25 Å². The molecular formula is C15H27NO3S. The zero-order chi connectivity index (χ0) is 15.2. The molecule has 0 saturated heterocycles. The van der Waals surface area contributed by atoms with Gasteiger partial charge in [-0.25, -0.2) is 0 Å². The minimum absolute atomic E-state index is 0.0440. The molecule has 5 heteroatoms. The number of amides is 1. The van der Waals surface area contributed by atoms with Crippen LogP contribution in [0.25, 0.3) is 0 Å². The highest BCUT2D eigenvalue weighted by molar-refractivity contribution is 8.00. The van der Waals surface area contributed by atoms with Crippen molar-refractivity contribution in [2.24, 2.45) is 0 Å². The van der Waals surface area contributed by atoms with Gasteiger partial charge in [-0.05, 0) is 12.2 Å². The third-order valence-electron chi connectivity index (χ3n) is 3.11. The van der Waals surface area contributed by atoms with Crippen LogP contribution in [0.5, 0.6) is 0 Å². The largest absolute Gasteiger partial charge is 0.344 e. The lowest BCUT2D eigenvalue weighted by molar-refractivity contribution is -0.130. The van der Waals surface area contributed by atoms with Gasteiger partial charge in [-0.3, -0.25) is 4.79 Å². The molecule has 0 spiro atoms. The van der Waals surface area contributed by atoms with Gasteiger partial charge in [0.2, 0.25) is 5.91 Å². The Hall–Kier alpha value is -0.840. The summed E-state index contributed by atoms with van der Waals surface area (Å²) >= 11 is 1.56. The van der Waals surface area contributed by atoms with Crippen molar-refractivity contribution in [2.75, 3.05) is 19.3 Å². The number of unbranched alkanes of at least 4 members (excludes halogenated alkanes) is 4. The number of carbonyl (C=O) groups excluding carboxylic acids is 3. The highest BCUT2D eigenvalue weighted by Crippen LogP contribution is 2.19. The van der Waals surface area contributed by atoms with Crippen molar-refractivity contribution >= 4 is 30.2 Å². The van der Waals surface area contributed by atoms with Crippen molar-refractivity contribution in [3.05, 3.63) is 0 Å². The number of nitrogens with zero attached hydrogens (tertiary/aromatic N) is 1. The van der Waals surface area contributed by atoms with Crippen LogP contribution in [0.15, 0.2) is 0 Å². The standard InChI is InChI=1S/C15H27NO3S/c1-3-4-5-6-7-13-20-14(9-12-18)15(19)16(2)10-8-11-17/h11-12,14H,3-10,13H2,1-2H3.